The average molecular weight is 367 g/mol. The van der Waals surface area contributed by atoms with Gasteiger partial charge in [0.05, 0.1) is 21.5 Å². The van der Waals surface area contributed by atoms with Crippen LogP contribution in [0.25, 0.3) is 10.2 Å². The number of aromatic nitrogens is 1. The van der Waals surface area contributed by atoms with E-state index in [1.165, 1.54) is 10.6 Å². The predicted molar refractivity (Wildman–Crippen MR) is 95.8 cm³/mol. The van der Waals surface area contributed by atoms with Gasteiger partial charge in [-0.3, -0.25) is 4.79 Å². The van der Waals surface area contributed by atoms with Crippen molar-refractivity contribution in [1.82, 2.24) is 14.6 Å². The molecular weight excluding hydrogens is 346 g/mol. The van der Waals surface area contributed by atoms with E-state index >= 15 is 0 Å². The second-order valence-electron chi connectivity index (χ2n) is 6.25. The highest BCUT2D eigenvalue weighted by molar-refractivity contribution is 7.88. The Kier molecular flexibility index (Phi) is 4.89. The van der Waals surface area contributed by atoms with E-state index in [1.54, 1.807) is 23.5 Å². The van der Waals surface area contributed by atoms with Crippen molar-refractivity contribution in [3.05, 3.63) is 28.8 Å². The highest BCUT2D eigenvalue weighted by atomic mass is 32.2. The Morgan fingerprint density at radius 1 is 1.46 bits per heavy atom. The smallest absolute Gasteiger partial charge is 0.251 e. The third kappa shape index (κ3) is 3.93. The summed E-state index contributed by atoms with van der Waals surface area (Å²) in [4.78, 5) is 16.8. The van der Waals surface area contributed by atoms with Crippen molar-refractivity contribution in [2.45, 2.75) is 19.8 Å². The third-order valence-corrected chi connectivity index (χ3v) is 6.48. The van der Waals surface area contributed by atoms with Gasteiger partial charge in [0.25, 0.3) is 5.91 Å². The number of carbonyl (C=O) groups excluding carboxylic acids is 1. The lowest BCUT2D eigenvalue weighted by molar-refractivity contribution is 0.0941. The van der Waals surface area contributed by atoms with Crippen LogP contribution < -0.4 is 5.32 Å². The Balaban J connectivity index is 1.62. The third-order valence-electron chi connectivity index (χ3n) is 4.26. The Morgan fingerprint density at radius 2 is 2.25 bits per heavy atom. The van der Waals surface area contributed by atoms with Crippen LogP contribution in [-0.2, 0) is 10.0 Å². The van der Waals surface area contributed by atoms with Crippen molar-refractivity contribution in [3.8, 4) is 0 Å². The largest absolute Gasteiger partial charge is 0.352 e. The number of hydrogen-bond acceptors (Lipinski definition) is 5. The van der Waals surface area contributed by atoms with Crippen LogP contribution >= 0.6 is 11.3 Å². The lowest BCUT2D eigenvalue weighted by Crippen LogP contribution is -2.43. The molecule has 0 aliphatic carbocycles. The molecule has 1 aromatic heterocycles. The Bertz CT molecular complexity index is 861. The topological polar surface area (TPSA) is 79.4 Å². The number of piperidine rings is 1. The highest BCUT2D eigenvalue weighted by Crippen LogP contribution is 2.22. The molecule has 0 spiro atoms. The molecule has 24 heavy (non-hydrogen) atoms. The normalized spacial score (nSPS) is 19.5. The summed E-state index contributed by atoms with van der Waals surface area (Å²) in [5, 5.41) is 3.90. The predicted octanol–water partition coefficient (Wildman–Crippen LogP) is 2.01. The van der Waals surface area contributed by atoms with Crippen molar-refractivity contribution in [2.75, 3.05) is 25.9 Å². The van der Waals surface area contributed by atoms with Gasteiger partial charge in [-0.05, 0) is 43.9 Å². The molecule has 1 saturated heterocycles. The zero-order chi connectivity index (χ0) is 17.3. The highest BCUT2D eigenvalue weighted by Gasteiger charge is 2.26. The van der Waals surface area contributed by atoms with Crippen LogP contribution in [0, 0.1) is 12.8 Å². The van der Waals surface area contributed by atoms with Crippen molar-refractivity contribution in [2.24, 2.45) is 5.92 Å². The fourth-order valence-electron chi connectivity index (χ4n) is 3.02. The SMILES string of the molecule is Cc1nc2cc(C(=O)NC[C@@H]3CCCN(S(C)(=O)=O)C3)ccc2s1. The van der Waals surface area contributed by atoms with Crippen LogP contribution in [0.4, 0.5) is 0 Å². The number of amides is 1. The van der Waals surface area contributed by atoms with E-state index in [9.17, 15) is 13.2 Å². The molecule has 1 atom stereocenters. The van der Waals surface area contributed by atoms with Gasteiger partial charge < -0.3 is 5.32 Å². The summed E-state index contributed by atoms with van der Waals surface area (Å²) in [6, 6.07) is 5.53. The van der Waals surface area contributed by atoms with Crippen molar-refractivity contribution in [3.63, 3.8) is 0 Å². The van der Waals surface area contributed by atoms with Crippen molar-refractivity contribution in [1.29, 1.82) is 0 Å². The molecule has 2 aromatic rings. The first-order valence-corrected chi connectivity index (χ1v) is 10.6. The fraction of sp³-hybridized carbons (Fsp3) is 0.500. The summed E-state index contributed by atoms with van der Waals surface area (Å²) in [7, 11) is -3.16. The summed E-state index contributed by atoms with van der Waals surface area (Å²) in [6.07, 6.45) is 2.99. The van der Waals surface area contributed by atoms with Gasteiger partial charge in [-0.2, -0.15) is 0 Å². The Morgan fingerprint density at radius 3 is 3.00 bits per heavy atom. The van der Waals surface area contributed by atoms with Crippen LogP contribution in [0.3, 0.4) is 0 Å². The second-order valence-corrected chi connectivity index (χ2v) is 9.47. The minimum absolute atomic E-state index is 0.140. The number of carbonyl (C=O) groups is 1. The van der Waals surface area contributed by atoms with E-state index in [2.05, 4.69) is 10.3 Å². The lowest BCUT2D eigenvalue weighted by Gasteiger charge is -2.30. The molecule has 1 aliphatic heterocycles. The first-order valence-electron chi connectivity index (χ1n) is 7.93. The van der Waals surface area contributed by atoms with Crippen LogP contribution in [-0.4, -0.2) is 49.5 Å². The quantitative estimate of drug-likeness (QED) is 0.896. The van der Waals surface area contributed by atoms with E-state index in [0.717, 1.165) is 28.1 Å². The molecule has 6 nitrogen and oxygen atoms in total. The molecule has 1 aromatic carbocycles. The van der Waals surface area contributed by atoms with Gasteiger partial charge in [0.15, 0.2) is 0 Å². The van der Waals surface area contributed by atoms with Gasteiger partial charge in [0.2, 0.25) is 10.0 Å². The van der Waals surface area contributed by atoms with Crippen LogP contribution in [0.2, 0.25) is 0 Å². The first-order chi connectivity index (χ1) is 11.3. The number of benzene rings is 1. The molecular formula is C16H21N3O3S2. The van der Waals surface area contributed by atoms with E-state index in [1.807, 2.05) is 13.0 Å². The first kappa shape index (κ1) is 17.3. The molecule has 130 valence electrons. The molecule has 1 amide bonds. The number of aryl methyl sites for hydroxylation is 1. The van der Waals surface area contributed by atoms with Gasteiger partial charge >= 0.3 is 0 Å². The van der Waals surface area contributed by atoms with E-state index < -0.39 is 10.0 Å². The minimum atomic E-state index is -3.16. The molecule has 0 unspecified atom stereocenters. The monoisotopic (exact) mass is 367 g/mol. The van der Waals surface area contributed by atoms with Crippen LogP contribution in [0.5, 0.6) is 0 Å². The van der Waals surface area contributed by atoms with E-state index in [-0.39, 0.29) is 11.8 Å². The zero-order valence-corrected chi connectivity index (χ0v) is 15.4. The van der Waals surface area contributed by atoms with E-state index in [0.29, 0.717) is 25.2 Å². The molecule has 1 N–H and O–H groups in total. The number of nitrogens with zero attached hydrogens (tertiary/aromatic N) is 2. The zero-order valence-electron chi connectivity index (χ0n) is 13.8. The summed E-state index contributed by atoms with van der Waals surface area (Å²) < 4.78 is 25.9. The van der Waals surface area contributed by atoms with E-state index in [4.69, 9.17) is 0 Å². The van der Waals surface area contributed by atoms with Crippen molar-refractivity contribution >= 4 is 37.5 Å². The molecule has 0 radical (unpaired) electrons. The number of rotatable bonds is 4. The maximum atomic E-state index is 12.3. The fourth-order valence-corrected chi connectivity index (χ4v) is 4.77. The maximum absolute atomic E-state index is 12.3. The minimum Gasteiger partial charge on any atom is -0.352 e. The maximum Gasteiger partial charge on any atom is 0.251 e. The number of hydrogen-bond donors (Lipinski definition) is 1. The van der Waals surface area contributed by atoms with Gasteiger partial charge in [0.1, 0.15) is 0 Å². The number of fused-ring (bicyclic) bond motifs is 1. The summed E-state index contributed by atoms with van der Waals surface area (Å²) >= 11 is 1.61. The van der Waals surface area contributed by atoms with Gasteiger partial charge in [0, 0.05) is 25.2 Å². The summed E-state index contributed by atoms with van der Waals surface area (Å²) in [6.45, 7) is 3.48. The average Bonchev–Trinajstić information content (AvgIpc) is 2.91. The van der Waals surface area contributed by atoms with Crippen molar-refractivity contribution < 1.29 is 13.2 Å². The number of sulfonamides is 1. The van der Waals surface area contributed by atoms with Gasteiger partial charge in [-0.25, -0.2) is 17.7 Å². The lowest BCUT2D eigenvalue weighted by atomic mass is 9.99. The number of thiazole rings is 1. The Labute approximate surface area is 145 Å². The second kappa shape index (κ2) is 6.78. The Hall–Kier alpha value is -1.51. The standard InChI is InChI=1S/C16H21N3O3S2/c1-11-18-14-8-13(5-6-15(14)23-11)16(20)17-9-12-4-3-7-19(10-12)24(2,21)22/h5-6,8,12H,3-4,7,9-10H2,1-2H3,(H,17,20)/t12-/m0/s1. The molecule has 1 fully saturated rings. The summed E-state index contributed by atoms with van der Waals surface area (Å²) in [5.41, 5.74) is 1.43. The van der Waals surface area contributed by atoms with Crippen LogP contribution in [0.15, 0.2) is 18.2 Å². The molecule has 0 saturated carbocycles. The number of nitrogens with one attached hydrogen (secondary N) is 1. The van der Waals surface area contributed by atoms with Gasteiger partial charge in [-0.1, -0.05) is 0 Å². The molecule has 1 aliphatic rings. The van der Waals surface area contributed by atoms with Crippen LogP contribution in [0.1, 0.15) is 28.2 Å². The molecule has 8 heteroatoms. The summed E-state index contributed by atoms with van der Waals surface area (Å²) in [5.74, 6) is 0.0155. The molecule has 2 heterocycles. The van der Waals surface area contributed by atoms with Gasteiger partial charge in [-0.15, -0.1) is 11.3 Å². The molecule has 3 rings (SSSR count). The molecule has 0 bridgehead atoms.